The summed E-state index contributed by atoms with van der Waals surface area (Å²) in [7, 11) is 0. The van der Waals surface area contributed by atoms with Gasteiger partial charge in [-0.15, -0.1) is 0 Å². The summed E-state index contributed by atoms with van der Waals surface area (Å²) in [5, 5.41) is 9.99. The molecule has 2 heteroatoms. The molecular formula is C25H28N2. The van der Waals surface area contributed by atoms with Gasteiger partial charge < -0.3 is 0 Å². The highest BCUT2D eigenvalue weighted by molar-refractivity contribution is 5.92. The van der Waals surface area contributed by atoms with Gasteiger partial charge in [-0.1, -0.05) is 92.6 Å². The number of rotatable bonds is 7. The molecule has 1 aliphatic heterocycles. The average molecular weight is 357 g/mol. The van der Waals surface area contributed by atoms with Crippen molar-refractivity contribution in [3.05, 3.63) is 83.9 Å². The SMILES string of the molecule is CCCCCC1=NN(Cc2cccc3ccccc23)CC1c1ccccc1. The van der Waals surface area contributed by atoms with Gasteiger partial charge in [0.2, 0.25) is 0 Å². The second kappa shape index (κ2) is 8.39. The minimum atomic E-state index is 0.429. The zero-order valence-electron chi connectivity index (χ0n) is 16.1. The highest BCUT2D eigenvalue weighted by Crippen LogP contribution is 2.30. The van der Waals surface area contributed by atoms with Gasteiger partial charge in [-0.3, -0.25) is 5.01 Å². The fourth-order valence-corrected chi connectivity index (χ4v) is 4.10. The van der Waals surface area contributed by atoms with E-state index < -0.39 is 0 Å². The van der Waals surface area contributed by atoms with E-state index in [1.54, 1.807) is 0 Å². The van der Waals surface area contributed by atoms with Crippen LogP contribution in [0.2, 0.25) is 0 Å². The molecule has 4 rings (SSSR count). The Morgan fingerprint density at radius 1 is 0.889 bits per heavy atom. The number of hydrogen-bond acceptors (Lipinski definition) is 2. The molecule has 0 radical (unpaired) electrons. The van der Waals surface area contributed by atoms with Crippen LogP contribution in [-0.2, 0) is 6.54 Å². The van der Waals surface area contributed by atoms with Crippen LogP contribution >= 0.6 is 0 Å². The van der Waals surface area contributed by atoms with Crippen LogP contribution in [-0.4, -0.2) is 17.3 Å². The number of hydrazone groups is 1. The van der Waals surface area contributed by atoms with Crippen molar-refractivity contribution in [2.75, 3.05) is 6.54 Å². The number of nitrogens with zero attached hydrogens (tertiary/aromatic N) is 2. The Morgan fingerprint density at radius 3 is 2.52 bits per heavy atom. The first-order valence-electron chi connectivity index (χ1n) is 10.2. The Morgan fingerprint density at radius 2 is 1.67 bits per heavy atom. The Hall–Kier alpha value is -2.61. The van der Waals surface area contributed by atoms with Crippen molar-refractivity contribution in [2.45, 2.75) is 45.1 Å². The second-order valence-corrected chi connectivity index (χ2v) is 7.50. The van der Waals surface area contributed by atoms with Crippen molar-refractivity contribution < 1.29 is 0 Å². The molecule has 1 heterocycles. The molecule has 1 atom stereocenters. The molecule has 0 aromatic heterocycles. The van der Waals surface area contributed by atoms with Gasteiger partial charge in [0, 0.05) is 18.2 Å². The molecule has 27 heavy (non-hydrogen) atoms. The van der Waals surface area contributed by atoms with Crippen molar-refractivity contribution in [3.8, 4) is 0 Å². The van der Waals surface area contributed by atoms with E-state index in [0.29, 0.717) is 5.92 Å². The van der Waals surface area contributed by atoms with E-state index in [9.17, 15) is 0 Å². The van der Waals surface area contributed by atoms with Gasteiger partial charge in [0.1, 0.15) is 0 Å². The Labute approximate surface area is 162 Å². The van der Waals surface area contributed by atoms with E-state index in [0.717, 1.165) is 19.5 Å². The lowest BCUT2D eigenvalue weighted by atomic mass is 9.92. The Bertz CT molecular complexity index is 909. The average Bonchev–Trinajstić information content (AvgIpc) is 3.12. The van der Waals surface area contributed by atoms with Crippen LogP contribution in [0.25, 0.3) is 10.8 Å². The molecule has 138 valence electrons. The molecule has 0 aliphatic carbocycles. The first kappa shape index (κ1) is 17.8. The maximum absolute atomic E-state index is 5.07. The fourth-order valence-electron chi connectivity index (χ4n) is 4.10. The predicted molar refractivity (Wildman–Crippen MR) is 115 cm³/mol. The van der Waals surface area contributed by atoms with Gasteiger partial charge in [0.15, 0.2) is 0 Å². The van der Waals surface area contributed by atoms with Crippen molar-refractivity contribution >= 4 is 16.5 Å². The molecule has 3 aromatic rings. The molecule has 0 bridgehead atoms. The van der Waals surface area contributed by atoms with Crippen LogP contribution in [0.15, 0.2) is 77.9 Å². The van der Waals surface area contributed by atoms with Crippen LogP contribution in [0.4, 0.5) is 0 Å². The third-order valence-electron chi connectivity index (χ3n) is 5.54. The highest BCUT2D eigenvalue weighted by Gasteiger charge is 2.27. The summed E-state index contributed by atoms with van der Waals surface area (Å²) in [4.78, 5) is 0. The molecule has 0 spiro atoms. The van der Waals surface area contributed by atoms with Crippen LogP contribution < -0.4 is 0 Å². The molecular weight excluding hydrogens is 328 g/mol. The second-order valence-electron chi connectivity index (χ2n) is 7.50. The van der Waals surface area contributed by atoms with Gasteiger partial charge in [0.05, 0.1) is 6.54 Å². The van der Waals surface area contributed by atoms with Gasteiger partial charge in [0.25, 0.3) is 0 Å². The zero-order chi connectivity index (χ0) is 18.5. The van der Waals surface area contributed by atoms with Crippen molar-refractivity contribution in [1.29, 1.82) is 0 Å². The first-order valence-corrected chi connectivity index (χ1v) is 10.2. The Balaban J connectivity index is 1.57. The van der Waals surface area contributed by atoms with Crippen LogP contribution in [0.3, 0.4) is 0 Å². The van der Waals surface area contributed by atoms with Crippen LogP contribution in [0, 0.1) is 0 Å². The molecule has 2 nitrogen and oxygen atoms in total. The molecule has 0 fully saturated rings. The summed E-state index contributed by atoms with van der Waals surface area (Å²) < 4.78 is 0. The van der Waals surface area contributed by atoms with E-state index in [1.807, 2.05) is 0 Å². The quantitative estimate of drug-likeness (QED) is 0.449. The minimum Gasteiger partial charge on any atom is -0.292 e. The maximum atomic E-state index is 5.07. The topological polar surface area (TPSA) is 15.6 Å². The molecule has 3 aromatic carbocycles. The molecule has 0 N–H and O–H groups in total. The maximum Gasteiger partial charge on any atom is 0.0617 e. The van der Waals surface area contributed by atoms with Gasteiger partial charge >= 0.3 is 0 Å². The van der Waals surface area contributed by atoms with Gasteiger partial charge in [-0.25, -0.2) is 0 Å². The number of fused-ring (bicyclic) bond motifs is 1. The normalized spacial score (nSPS) is 16.7. The fraction of sp³-hybridized carbons (Fsp3) is 0.320. The lowest BCUT2D eigenvalue weighted by molar-refractivity contribution is 0.303. The Kier molecular flexibility index (Phi) is 5.53. The summed E-state index contributed by atoms with van der Waals surface area (Å²) >= 11 is 0. The van der Waals surface area contributed by atoms with Crippen molar-refractivity contribution in [3.63, 3.8) is 0 Å². The summed E-state index contributed by atoms with van der Waals surface area (Å²) in [6.07, 6.45) is 4.88. The number of benzene rings is 3. The van der Waals surface area contributed by atoms with Crippen molar-refractivity contribution in [1.82, 2.24) is 5.01 Å². The van der Waals surface area contributed by atoms with E-state index in [2.05, 4.69) is 84.7 Å². The molecule has 1 unspecified atom stereocenters. The van der Waals surface area contributed by atoms with Gasteiger partial charge in [-0.2, -0.15) is 5.10 Å². The lowest BCUT2D eigenvalue weighted by Gasteiger charge is -2.18. The molecule has 0 amide bonds. The molecule has 1 aliphatic rings. The van der Waals surface area contributed by atoms with Crippen LogP contribution in [0.1, 0.15) is 49.7 Å². The first-order chi connectivity index (χ1) is 13.3. The smallest absolute Gasteiger partial charge is 0.0617 e. The third kappa shape index (κ3) is 4.05. The molecule has 0 saturated heterocycles. The van der Waals surface area contributed by atoms with E-state index in [-0.39, 0.29) is 0 Å². The van der Waals surface area contributed by atoms with Crippen LogP contribution in [0.5, 0.6) is 0 Å². The zero-order valence-corrected chi connectivity index (χ0v) is 16.1. The predicted octanol–water partition coefficient (Wildman–Crippen LogP) is 6.38. The van der Waals surface area contributed by atoms with Gasteiger partial charge in [-0.05, 0) is 34.7 Å². The lowest BCUT2D eigenvalue weighted by Crippen LogP contribution is -2.18. The van der Waals surface area contributed by atoms with Crippen molar-refractivity contribution in [2.24, 2.45) is 5.10 Å². The standard InChI is InChI=1S/C25H28N2/c1-2-3-5-17-25-24(21-11-6-4-7-12-21)19-27(26-25)18-22-15-10-14-20-13-8-9-16-23(20)22/h4,6-16,24H,2-3,5,17-19H2,1H3. The monoisotopic (exact) mass is 356 g/mol. The minimum absolute atomic E-state index is 0.429. The summed E-state index contributed by atoms with van der Waals surface area (Å²) in [5.41, 5.74) is 4.11. The molecule has 0 saturated carbocycles. The third-order valence-corrected chi connectivity index (χ3v) is 5.54. The van der Waals surface area contributed by atoms with E-state index in [1.165, 1.54) is 46.9 Å². The summed E-state index contributed by atoms with van der Waals surface area (Å²) in [6, 6.07) is 26.1. The van der Waals surface area contributed by atoms with E-state index in [4.69, 9.17) is 5.10 Å². The highest BCUT2D eigenvalue weighted by atomic mass is 15.5. The number of unbranched alkanes of at least 4 members (excludes halogenated alkanes) is 2. The number of hydrogen-bond donors (Lipinski definition) is 0. The van der Waals surface area contributed by atoms with E-state index >= 15 is 0 Å². The summed E-state index contributed by atoms with van der Waals surface area (Å²) in [5.74, 6) is 0.429. The largest absolute Gasteiger partial charge is 0.292 e. The summed E-state index contributed by atoms with van der Waals surface area (Å²) in [6.45, 7) is 4.12.